The van der Waals surface area contributed by atoms with E-state index in [-0.39, 0.29) is 25.6 Å². The van der Waals surface area contributed by atoms with Crippen LogP contribution < -0.4 is 0 Å². The van der Waals surface area contributed by atoms with E-state index in [1.54, 1.807) is 0 Å². The molecule has 0 aliphatic rings. The second-order valence-corrected chi connectivity index (χ2v) is 6.23. The first-order chi connectivity index (χ1) is 10.9. The van der Waals surface area contributed by atoms with Gasteiger partial charge in [-0.05, 0) is 13.3 Å². The number of rotatable bonds is 14. The first kappa shape index (κ1) is 22.3. The summed E-state index contributed by atoms with van der Waals surface area (Å²) >= 11 is 0. The first-order valence-electron chi connectivity index (χ1n) is 8.86. The van der Waals surface area contributed by atoms with Crippen molar-refractivity contribution in [1.29, 1.82) is 0 Å². The van der Waals surface area contributed by atoms with Crippen LogP contribution in [0.1, 0.15) is 65.2 Å². The monoisotopic (exact) mass is 333 g/mol. The predicted molar refractivity (Wildman–Crippen MR) is 90.0 cm³/mol. The van der Waals surface area contributed by atoms with E-state index in [0.717, 1.165) is 19.3 Å². The van der Waals surface area contributed by atoms with Gasteiger partial charge in [-0.3, -0.25) is 4.79 Å². The highest BCUT2D eigenvalue weighted by Crippen LogP contribution is 2.10. The second-order valence-electron chi connectivity index (χ2n) is 6.23. The maximum Gasteiger partial charge on any atom is 0.222 e. The molecule has 6 heteroatoms. The van der Waals surface area contributed by atoms with Crippen LogP contribution >= 0.6 is 0 Å². The molecule has 23 heavy (non-hydrogen) atoms. The van der Waals surface area contributed by atoms with Crippen LogP contribution in [0, 0.1) is 0 Å². The van der Waals surface area contributed by atoms with E-state index in [0.29, 0.717) is 6.42 Å². The summed E-state index contributed by atoms with van der Waals surface area (Å²) in [5.74, 6) is -0.135. The lowest BCUT2D eigenvalue weighted by Gasteiger charge is -2.28. The molecule has 0 saturated carbocycles. The lowest BCUT2D eigenvalue weighted by molar-refractivity contribution is -0.135. The maximum atomic E-state index is 12.2. The van der Waals surface area contributed by atoms with Gasteiger partial charge in [-0.2, -0.15) is 0 Å². The Balaban J connectivity index is 4.09. The van der Waals surface area contributed by atoms with E-state index in [1.165, 1.54) is 37.5 Å². The smallest absolute Gasteiger partial charge is 0.222 e. The van der Waals surface area contributed by atoms with Crippen LogP contribution in [0.2, 0.25) is 0 Å². The normalized spacial score (nSPS) is 15.2. The van der Waals surface area contributed by atoms with Gasteiger partial charge in [0, 0.05) is 19.5 Å². The van der Waals surface area contributed by atoms with Crippen molar-refractivity contribution in [3.8, 4) is 0 Å². The SMILES string of the molecule is CCCCCCCCCC(=O)N(CCO)C[C@@H](O)[C@@H](O)[C@H](C)O. The fourth-order valence-corrected chi connectivity index (χ4v) is 2.49. The molecule has 0 radical (unpaired) electrons. The van der Waals surface area contributed by atoms with E-state index in [2.05, 4.69) is 6.92 Å². The van der Waals surface area contributed by atoms with Crippen molar-refractivity contribution in [2.45, 2.75) is 83.5 Å². The van der Waals surface area contributed by atoms with E-state index < -0.39 is 18.3 Å². The Morgan fingerprint density at radius 2 is 1.57 bits per heavy atom. The molecule has 0 bridgehead atoms. The number of nitrogens with zero attached hydrogens (tertiary/aromatic N) is 1. The number of unbranched alkanes of at least 4 members (excludes halogenated alkanes) is 6. The van der Waals surface area contributed by atoms with Crippen LogP contribution in [0.4, 0.5) is 0 Å². The zero-order chi connectivity index (χ0) is 17.7. The van der Waals surface area contributed by atoms with Crippen LogP contribution in [0.15, 0.2) is 0 Å². The summed E-state index contributed by atoms with van der Waals surface area (Å²) in [5.41, 5.74) is 0. The highest BCUT2D eigenvalue weighted by Gasteiger charge is 2.25. The van der Waals surface area contributed by atoms with Gasteiger partial charge in [0.2, 0.25) is 5.91 Å². The molecule has 4 N–H and O–H groups in total. The van der Waals surface area contributed by atoms with Gasteiger partial charge in [-0.25, -0.2) is 0 Å². The number of aliphatic hydroxyl groups excluding tert-OH is 4. The molecule has 0 saturated heterocycles. The lowest BCUT2D eigenvalue weighted by atomic mass is 10.1. The minimum absolute atomic E-state index is 0.0814. The van der Waals surface area contributed by atoms with Crippen LogP contribution in [-0.2, 0) is 4.79 Å². The Hall–Kier alpha value is -0.690. The third-order valence-corrected chi connectivity index (χ3v) is 4.01. The van der Waals surface area contributed by atoms with Gasteiger partial charge >= 0.3 is 0 Å². The molecule has 0 aromatic carbocycles. The van der Waals surface area contributed by atoms with Crippen molar-refractivity contribution in [3.05, 3.63) is 0 Å². The van der Waals surface area contributed by atoms with Gasteiger partial charge in [0.15, 0.2) is 0 Å². The van der Waals surface area contributed by atoms with Crippen molar-refractivity contribution < 1.29 is 25.2 Å². The topological polar surface area (TPSA) is 101 Å². The van der Waals surface area contributed by atoms with E-state index in [9.17, 15) is 20.1 Å². The molecule has 6 nitrogen and oxygen atoms in total. The van der Waals surface area contributed by atoms with E-state index in [1.807, 2.05) is 0 Å². The Labute approximate surface area is 140 Å². The van der Waals surface area contributed by atoms with E-state index in [4.69, 9.17) is 5.11 Å². The van der Waals surface area contributed by atoms with Crippen molar-refractivity contribution >= 4 is 5.91 Å². The number of aliphatic hydroxyl groups is 4. The molecule has 0 unspecified atom stereocenters. The Kier molecular flexibility index (Phi) is 13.3. The third-order valence-electron chi connectivity index (χ3n) is 4.01. The number of hydrogen-bond acceptors (Lipinski definition) is 5. The lowest BCUT2D eigenvalue weighted by Crippen LogP contribution is -2.46. The summed E-state index contributed by atoms with van der Waals surface area (Å²) in [6.45, 7) is 3.41. The highest BCUT2D eigenvalue weighted by atomic mass is 16.4. The molecule has 0 aromatic heterocycles. The number of amides is 1. The highest BCUT2D eigenvalue weighted by molar-refractivity contribution is 5.76. The molecule has 0 fully saturated rings. The molecule has 0 aliphatic heterocycles. The van der Waals surface area contributed by atoms with Crippen molar-refractivity contribution in [2.75, 3.05) is 19.7 Å². The van der Waals surface area contributed by atoms with Gasteiger partial charge in [0.25, 0.3) is 0 Å². The van der Waals surface area contributed by atoms with Gasteiger partial charge in [-0.15, -0.1) is 0 Å². The molecule has 0 aliphatic carbocycles. The van der Waals surface area contributed by atoms with Crippen molar-refractivity contribution in [2.24, 2.45) is 0 Å². The quantitative estimate of drug-likeness (QED) is 0.356. The molecule has 0 spiro atoms. The zero-order valence-corrected chi connectivity index (χ0v) is 14.7. The van der Waals surface area contributed by atoms with E-state index >= 15 is 0 Å². The molecule has 0 rings (SSSR count). The van der Waals surface area contributed by atoms with Gasteiger partial charge in [0.1, 0.15) is 6.10 Å². The van der Waals surface area contributed by atoms with Crippen molar-refractivity contribution in [3.63, 3.8) is 0 Å². The number of carbonyl (C=O) groups excluding carboxylic acids is 1. The summed E-state index contributed by atoms with van der Waals surface area (Å²) in [4.78, 5) is 13.5. The molecular weight excluding hydrogens is 298 g/mol. The molecule has 0 heterocycles. The van der Waals surface area contributed by atoms with Gasteiger partial charge in [-0.1, -0.05) is 45.4 Å². The molecule has 138 valence electrons. The molecule has 0 aromatic rings. The Morgan fingerprint density at radius 1 is 1.00 bits per heavy atom. The minimum atomic E-state index is -1.30. The largest absolute Gasteiger partial charge is 0.395 e. The minimum Gasteiger partial charge on any atom is -0.395 e. The maximum absolute atomic E-state index is 12.2. The Bertz CT molecular complexity index is 299. The molecule has 3 atom stereocenters. The standard InChI is InChI=1S/C17H35NO5/c1-3-4-5-6-7-8-9-10-16(22)18(11-12-19)13-15(21)17(23)14(2)20/h14-15,17,19-21,23H,3-13H2,1-2H3/t14-,15+,17-/m0/s1. The fourth-order valence-electron chi connectivity index (χ4n) is 2.49. The average molecular weight is 333 g/mol. The zero-order valence-electron chi connectivity index (χ0n) is 14.7. The van der Waals surface area contributed by atoms with Gasteiger partial charge in [0.05, 0.1) is 18.8 Å². The van der Waals surface area contributed by atoms with Crippen molar-refractivity contribution in [1.82, 2.24) is 4.90 Å². The third kappa shape index (κ3) is 10.7. The van der Waals surface area contributed by atoms with Crippen LogP contribution in [0.5, 0.6) is 0 Å². The first-order valence-corrected chi connectivity index (χ1v) is 8.86. The summed E-state index contributed by atoms with van der Waals surface area (Å²) in [6, 6.07) is 0. The summed E-state index contributed by atoms with van der Waals surface area (Å²) in [6.07, 6.45) is 4.61. The van der Waals surface area contributed by atoms with Crippen LogP contribution in [0.25, 0.3) is 0 Å². The number of carbonyl (C=O) groups is 1. The Morgan fingerprint density at radius 3 is 2.09 bits per heavy atom. The summed E-state index contributed by atoms with van der Waals surface area (Å²) in [7, 11) is 0. The van der Waals surface area contributed by atoms with Crippen LogP contribution in [-0.4, -0.2) is 69.2 Å². The van der Waals surface area contributed by atoms with Crippen LogP contribution in [0.3, 0.4) is 0 Å². The predicted octanol–water partition coefficient (Wildman–Crippen LogP) is 1.05. The fraction of sp³-hybridized carbons (Fsp3) is 0.941. The average Bonchev–Trinajstić information content (AvgIpc) is 2.52. The summed E-state index contributed by atoms with van der Waals surface area (Å²) in [5, 5.41) is 37.8. The summed E-state index contributed by atoms with van der Waals surface area (Å²) < 4.78 is 0. The number of hydrogen-bond donors (Lipinski definition) is 4. The second kappa shape index (κ2) is 13.7. The molecular formula is C17H35NO5. The molecule has 1 amide bonds. The van der Waals surface area contributed by atoms with Gasteiger partial charge < -0.3 is 25.3 Å².